The molecule has 2 heterocycles. The van der Waals surface area contributed by atoms with Gasteiger partial charge in [-0.3, -0.25) is 4.98 Å². The Kier molecular flexibility index (Phi) is 3.61. The second-order valence-corrected chi connectivity index (χ2v) is 5.64. The lowest BCUT2D eigenvalue weighted by atomic mass is 10.1. The molecule has 19 heavy (non-hydrogen) atoms. The number of nitrogens with zero attached hydrogens (tertiary/aromatic N) is 3. The van der Waals surface area contributed by atoms with Crippen LogP contribution in [0.25, 0.3) is 11.5 Å². The molecule has 1 atom stereocenters. The average Bonchev–Trinajstić information content (AvgIpc) is 3.16. The van der Waals surface area contributed by atoms with Crippen molar-refractivity contribution in [3.05, 3.63) is 28.7 Å². The Labute approximate surface area is 119 Å². The number of likely N-dealkylation sites (N-methyl/N-ethyl adjacent to an activating group) is 1. The van der Waals surface area contributed by atoms with E-state index in [0.717, 1.165) is 16.8 Å². The van der Waals surface area contributed by atoms with Gasteiger partial charge in [0.05, 0.1) is 0 Å². The molecular formula is C13H15BrN4O. The highest BCUT2D eigenvalue weighted by molar-refractivity contribution is 9.10. The van der Waals surface area contributed by atoms with Gasteiger partial charge in [0, 0.05) is 23.1 Å². The van der Waals surface area contributed by atoms with Crippen molar-refractivity contribution >= 4 is 15.9 Å². The van der Waals surface area contributed by atoms with E-state index in [0.29, 0.717) is 23.5 Å². The van der Waals surface area contributed by atoms with Crippen LogP contribution in [0.3, 0.4) is 0 Å². The van der Waals surface area contributed by atoms with Gasteiger partial charge in [-0.25, -0.2) is 0 Å². The van der Waals surface area contributed by atoms with Crippen LogP contribution in [-0.4, -0.2) is 28.2 Å². The van der Waals surface area contributed by atoms with Crippen molar-refractivity contribution < 1.29 is 4.52 Å². The summed E-state index contributed by atoms with van der Waals surface area (Å²) in [5.74, 6) is 1.95. The number of halogens is 1. The zero-order chi connectivity index (χ0) is 13.2. The third-order valence-corrected chi connectivity index (χ3v) is 4.03. The molecule has 0 aliphatic heterocycles. The zero-order valence-electron chi connectivity index (χ0n) is 10.6. The Morgan fingerprint density at radius 1 is 1.53 bits per heavy atom. The number of aromatic nitrogens is 3. The van der Waals surface area contributed by atoms with Crippen molar-refractivity contribution in [2.45, 2.75) is 25.3 Å². The lowest BCUT2D eigenvalue weighted by Gasteiger charge is -2.11. The summed E-state index contributed by atoms with van der Waals surface area (Å²) in [4.78, 5) is 8.69. The first-order valence-electron chi connectivity index (χ1n) is 6.38. The zero-order valence-corrected chi connectivity index (χ0v) is 12.2. The van der Waals surface area contributed by atoms with Crippen molar-refractivity contribution in [2.24, 2.45) is 5.92 Å². The molecule has 2 aromatic rings. The average molecular weight is 323 g/mol. The maximum Gasteiger partial charge on any atom is 0.228 e. The van der Waals surface area contributed by atoms with Gasteiger partial charge in [-0.15, -0.1) is 0 Å². The summed E-state index contributed by atoms with van der Waals surface area (Å²) >= 11 is 3.44. The van der Waals surface area contributed by atoms with Crippen LogP contribution < -0.4 is 5.32 Å². The van der Waals surface area contributed by atoms with Gasteiger partial charge in [-0.05, 0) is 53.9 Å². The SMILES string of the molecule is CNC(Cc1nc(-c2ncccc2Br)no1)C1CC1. The van der Waals surface area contributed by atoms with Crippen molar-refractivity contribution in [1.82, 2.24) is 20.4 Å². The van der Waals surface area contributed by atoms with Crippen LogP contribution in [0.5, 0.6) is 0 Å². The fourth-order valence-electron chi connectivity index (χ4n) is 2.18. The van der Waals surface area contributed by atoms with Gasteiger partial charge in [0.25, 0.3) is 0 Å². The summed E-state index contributed by atoms with van der Waals surface area (Å²) in [6, 6.07) is 4.21. The molecule has 0 spiro atoms. The van der Waals surface area contributed by atoms with Crippen molar-refractivity contribution in [2.75, 3.05) is 7.05 Å². The van der Waals surface area contributed by atoms with E-state index in [4.69, 9.17) is 4.52 Å². The Morgan fingerprint density at radius 3 is 3.05 bits per heavy atom. The molecule has 3 rings (SSSR count). The first-order valence-corrected chi connectivity index (χ1v) is 7.18. The van der Waals surface area contributed by atoms with Crippen molar-refractivity contribution in [3.8, 4) is 11.5 Å². The number of nitrogens with one attached hydrogen (secondary N) is 1. The van der Waals surface area contributed by atoms with E-state index in [1.165, 1.54) is 12.8 Å². The van der Waals surface area contributed by atoms with Gasteiger partial charge in [0.1, 0.15) is 5.69 Å². The van der Waals surface area contributed by atoms with Gasteiger partial charge in [-0.2, -0.15) is 4.98 Å². The third-order valence-electron chi connectivity index (χ3n) is 3.39. The number of pyridine rings is 1. The first kappa shape index (κ1) is 12.7. The second kappa shape index (κ2) is 5.38. The second-order valence-electron chi connectivity index (χ2n) is 4.78. The Bertz CT molecular complexity index is 567. The third kappa shape index (κ3) is 2.84. The number of hydrogen-bond donors (Lipinski definition) is 1. The maximum absolute atomic E-state index is 5.32. The minimum Gasteiger partial charge on any atom is -0.339 e. The molecule has 1 unspecified atom stereocenters. The van der Waals surface area contributed by atoms with Crippen LogP contribution in [0, 0.1) is 5.92 Å². The molecule has 1 fully saturated rings. The van der Waals surface area contributed by atoms with E-state index in [1.54, 1.807) is 6.20 Å². The molecule has 0 amide bonds. The molecule has 1 aliphatic rings. The maximum atomic E-state index is 5.32. The quantitative estimate of drug-likeness (QED) is 0.916. The summed E-state index contributed by atoms with van der Waals surface area (Å²) in [6.07, 6.45) is 5.08. The predicted octanol–water partition coefficient (Wildman–Crippen LogP) is 2.43. The van der Waals surface area contributed by atoms with E-state index in [1.807, 2.05) is 19.2 Å². The molecule has 0 aromatic carbocycles. The highest BCUT2D eigenvalue weighted by atomic mass is 79.9. The molecule has 1 aliphatic carbocycles. The van der Waals surface area contributed by atoms with Crippen LogP contribution in [0.4, 0.5) is 0 Å². The minimum atomic E-state index is 0.431. The molecule has 2 aromatic heterocycles. The molecule has 5 nitrogen and oxygen atoms in total. The Hall–Kier alpha value is -1.27. The highest BCUT2D eigenvalue weighted by Crippen LogP contribution is 2.34. The number of rotatable bonds is 5. The van der Waals surface area contributed by atoms with Crippen LogP contribution in [0.2, 0.25) is 0 Å². The Morgan fingerprint density at radius 2 is 2.37 bits per heavy atom. The van der Waals surface area contributed by atoms with Crippen molar-refractivity contribution in [3.63, 3.8) is 0 Å². The molecule has 0 bridgehead atoms. The van der Waals surface area contributed by atoms with Gasteiger partial charge in [0.15, 0.2) is 0 Å². The van der Waals surface area contributed by atoms with E-state index in [2.05, 4.69) is 36.4 Å². The van der Waals surface area contributed by atoms with Gasteiger partial charge < -0.3 is 9.84 Å². The van der Waals surface area contributed by atoms with Crippen molar-refractivity contribution in [1.29, 1.82) is 0 Å². The Balaban J connectivity index is 1.77. The van der Waals surface area contributed by atoms with Gasteiger partial charge >= 0.3 is 0 Å². The summed E-state index contributed by atoms with van der Waals surface area (Å²) in [5, 5.41) is 7.33. The van der Waals surface area contributed by atoms with Gasteiger partial charge in [-0.1, -0.05) is 5.16 Å². The molecule has 1 N–H and O–H groups in total. The predicted molar refractivity (Wildman–Crippen MR) is 74.5 cm³/mol. The lowest BCUT2D eigenvalue weighted by Crippen LogP contribution is -2.29. The van der Waals surface area contributed by atoms with Gasteiger partial charge in [0.2, 0.25) is 11.7 Å². The van der Waals surface area contributed by atoms with E-state index < -0.39 is 0 Å². The van der Waals surface area contributed by atoms with Crippen LogP contribution in [0.15, 0.2) is 27.3 Å². The minimum absolute atomic E-state index is 0.431. The molecule has 1 saturated carbocycles. The standard InChI is InChI=1S/C13H15BrN4O/c1-15-10(8-4-5-8)7-11-17-13(18-19-11)12-9(14)3-2-6-16-12/h2-3,6,8,10,15H,4-5,7H2,1H3. The topological polar surface area (TPSA) is 63.8 Å². The van der Waals surface area contributed by atoms with Crippen LogP contribution in [-0.2, 0) is 6.42 Å². The van der Waals surface area contributed by atoms with E-state index in [9.17, 15) is 0 Å². The fourth-order valence-corrected chi connectivity index (χ4v) is 2.61. The largest absolute Gasteiger partial charge is 0.339 e. The van der Waals surface area contributed by atoms with E-state index in [-0.39, 0.29) is 0 Å². The lowest BCUT2D eigenvalue weighted by molar-refractivity contribution is 0.352. The summed E-state index contributed by atoms with van der Waals surface area (Å²) < 4.78 is 6.19. The van der Waals surface area contributed by atoms with Crippen LogP contribution >= 0.6 is 15.9 Å². The molecule has 0 saturated heterocycles. The molecular weight excluding hydrogens is 308 g/mol. The normalized spacial score (nSPS) is 16.5. The number of hydrogen-bond acceptors (Lipinski definition) is 5. The highest BCUT2D eigenvalue weighted by Gasteiger charge is 2.31. The molecule has 100 valence electrons. The first-order chi connectivity index (χ1) is 9.28. The summed E-state index contributed by atoms with van der Waals surface area (Å²) in [6.45, 7) is 0. The molecule has 6 heteroatoms. The summed E-state index contributed by atoms with van der Waals surface area (Å²) in [5.41, 5.74) is 0.713. The van der Waals surface area contributed by atoms with Crippen LogP contribution in [0.1, 0.15) is 18.7 Å². The summed E-state index contributed by atoms with van der Waals surface area (Å²) in [7, 11) is 1.98. The fraction of sp³-hybridized carbons (Fsp3) is 0.462. The monoisotopic (exact) mass is 322 g/mol. The van der Waals surface area contributed by atoms with E-state index >= 15 is 0 Å². The molecule has 0 radical (unpaired) electrons. The smallest absolute Gasteiger partial charge is 0.228 e.